The molecule has 7 nitrogen and oxygen atoms in total. The van der Waals surface area contributed by atoms with E-state index in [9.17, 15) is 21.2 Å². The Morgan fingerprint density at radius 2 is 1.68 bits per heavy atom. The van der Waals surface area contributed by atoms with Crippen LogP contribution in [-0.4, -0.2) is 39.0 Å². The number of rotatable bonds is 6. The van der Waals surface area contributed by atoms with Crippen molar-refractivity contribution in [3.8, 4) is 0 Å². The van der Waals surface area contributed by atoms with Crippen LogP contribution >= 0.6 is 0 Å². The first-order valence-electron chi connectivity index (χ1n) is 8.52. The highest BCUT2D eigenvalue weighted by Crippen LogP contribution is 2.35. The number of halogens is 1. The molecule has 1 N–H and O–H groups in total. The molecule has 0 bridgehead atoms. The van der Waals surface area contributed by atoms with Gasteiger partial charge in [-0.2, -0.15) is 9.52 Å². The summed E-state index contributed by atoms with van der Waals surface area (Å²) in [7, 11) is -7.01. The molecule has 0 aromatic heterocycles. The van der Waals surface area contributed by atoms with E-state index in [2.05, 4.69) is 9.82 Å². The maximum Gasteiger partial charge on any atom is 0.250 e. The molecule has 1 unspecified atom stereocenters. The van der Waals surface area contributed by atoms with Crippen LogP contribution in [0.25, 0.3) is 0 Å². The van der Waals surface area contributed by atoms with Crippen LogP contribution in [0.4, 0.5) is 10.1 Å². The largest absolute Gasteiger partial charge is 0.284 e. The molecule has 150 valence electrons. The number of hydrogen-bond acceptors (Lipinski definition) is 5. The van der Waals surface area contributed by atoms with Crippen molar-refractivity contribution in [2.45, 2.75) is 19.4 Å². The molecule has 1 aliphatic heterocycles. The second kappa shape index (κ2) is 7.51. The van der Waals surface area contributed by atoms with Crippen LogP contribution in [0.1, 0.15) is 30.5 Å². The first kappa shape index (κ1) is 20.3. The Balaban J connectivity index is 1.93. The molecule has 0 radical (unpaired) electrons. The molecule has 3 rings (SSSR count). The molecule has 0 saturated heterocycles. The SMILES string of the molecule is CCS(=O)(=O)N1N=C(c2ccc(NS(C)(=O)=O)cc2)CC1c1ccc(F)cc1. The molecular weight excluding hydrogens is 405 g/mol. The topological polar surface area (TPSA) is 95.9 Å². The number of benzene rings is 2. The average Bonchev–Trinajstić information content (AvgIpc) is 3.08. The summed E-state index contributed by atoms with van der Waals surface area (Å²) in [5.41, 5.74) is 2.28. The average molecular weight is 426 g/mol. The van der Waals surface area contributed by atoms with Crippen molar-refractivity contribution in [1.29, 1.82) is 0 Å². The summed E-state index contributed by atoms with van der Waals surface area (Å²) in [5, 5.41) is 4.31. The zero-order chi connectivity index (χ0) is 20.5. The lowest BCUT2D eigenvalue weighted by Crippen LogP contribution is -2.28. The smallest absolute Gasteiger partial charge is 0.250 e. The van der Waals surface area contributed by atoms with Crippen LogP contribution in [-0.2, 0) is 20.0 Å². The molecule has 0 fully saturated rings. The number of nitrogens with one attached hydrogen (secondary N) is 1. The van der Waals surface area contributed by atoms with Crippen molar-refractivity contribution >= 4 is 31.4 Å². The monoisotopic (exact) mass is 425 g/mol. The van der Waals surface area contributed by atoms with Crippen LogP contribution < -0.4 is 4.72 Å². The Morgan fingerprint density at radius 3 is 2.21 bits per heavy atom. The predicted molar refractivity (Wildman–Crippen MR) is 107 cm³/mol. The molecule has 2 aromatic rings. The zero-order valence-corrected chi connectivity index (χ0v) is 17.0. The minimum atomic E-state index is -3.62. The molecule has 1 aliphatic rings. The van der Waals surface area contributed by atoms with Crippen molar-refractivity contribution in [2.24, 2.45) is 5.10 Å². The van der Waals surface area contributed by atoms with E-state index in [1.165, 1.54) is 19.1 Å². The number of hydrazone groups is 1. The minimum Gasteiger partial charge on any atom is -0.284 e. The Labute approximate surface area is 164 Å². The highest BCUT2D eigenvalue weighted by molar-refractivity contribution is 7.92. The van der Waals surface area contributed by atoms with Gasteiger partial charge in [-0.15, -0.1) is 0 Å². The third kappa shape index (κ3) is 4.50. The zero-order valence-electron chi connectivity index (χ0n) is 15.3. The van der Waals surface area contributed by atoms with Gasteiger partial charge in [-0.05, 0) is 42.3 Å². The van der Waals surface area contributed by atoms with Crippen LogP contribution in [0.15, 0.2) is 53.6 Å². The lowest BCUT2D eigenvalue weighted by Gasteiger charge is -2.22. The van der Waals surface area contributed by atoms with Gasteiger partial charge < -0.3 is 0 Å². The molecule has 1 atom stereocenters. The third-order valence-corrected chi connectivity index (χ3v) is 6.54. The lowest BCUT2D eigenvalue weighted by molar-refractivity contribution is 0.372. The maximum atomic E-state index is 13.3. The molecule has 1 heterocycles. The van der Waals surface area contributed by atoms with Crippen LogP contribution in [0.5, 0.6) is 0 Å². The van der Waals surface area contributed by atoms with Gasteiger partial charge in [0.2, 0.25) is 20.0 Å². The van der Waals surface area contributed by atoms with Crippen molar-refractivity contribution in [1.82, 2.24) is 4.41 Å². The van der Waals surface area contributed by atoms with Gasteiger partial charge in [0.15, 0.2) is 0 Å². The van der Waals surface area contributed by atoms with Crippen molar-refractivity contribution in [3.63, 3.8) is 0 Å². The summed E-state index contributed by atoms with van der Waals surface area (Å²) >= 11 is 0. The Kier molecular flexibility index (Phi) is 5.44. The molecule has 2 aromatic carbocycles. The van der Waals surface area contributed by atoms with E-state index >= 15 is 0 Å². The van der Waals surface area contributed by atoms with Gasteiger partial charge in [-0.3, -0.25) is 4.72 Å². The van der Waals surface area contributed by atoms with E-state index in [0.717, 1.165) is 10.7 Å². The summed E-state index contributed by atoms with van der Waals surface area (Å²) in [5.74, 6) is -0.514. The quantitative estimate of drug-likeness (QED) is 0.770. The van der Waals surface area contributed by atoms with E-state index < -0.39 is 31.9 Å². The third-order valence-electron chi connectivity index (χ3n) is 4.30. The van der Waals surface area contributed by atoms with E-state index in [4.69, 9.17) is 0 Å². The highest BCUT2D eigenvalue weighted by Gasteiger charge is 2.35. The normalized spacial score (nSPS) is 17.5. The maximum absolute atomic E-state index is 13.3. The lowest BCUT2D eigenvalue weighted by atomic mass is 9.99. The first-order valence-corrected chi connectivity index (χ1v) is 12.0. The van der Waals surface area contributed by atoms with Gasteiger partial charge in [0, 0.05) is 12.1 Å². The summed E-state index contributed by atoms with van der Waals surface area (Å²) in [6.45, 7) is 1.54. The predicted octanol–water partition coefficient (Wildman–Crippen LogP) is 2.70. The standard InChI is InChI=1S/C18H20FN3O4S2/c1-3-28(25,26)22-18(14-4-8-15(19)9-5-14)12-17(20-22)13-6-10-16(11-7-13)21-27(2,23)24/h4-11,18,21H,3,12H2,1-2H3. The molecule has 0 spiro atoms. The fourth-order valence-corrected chi connectivity index (χ4v) is 4.57. The van der Waals surface area contributed by atoms with Crippen molar-refractivity contribution in [3.05, 3.63) is 65.5 Å². The summed E-state index contributed by atoms with van der Waals surface area (Å²) in [6, 6.07) is 11.6. The molecule has 0 aliphatic carbocycles. The van der Waals surface area contributed by atoms with Crippen molar-refractivity contribution < 1.29 is 21.2 Å². The van der Waals surface area contributed by atoms with Crippen molar-refractivity contribution in [2.75, 3.05) is 16.7 Å². The number of nitrogens with zero attached hydrogens (tertiary/aromatic N) is 2. The Morgan fingerprint density at radius 1 is 1.07 bits per heavy atom. The van der Waals surface area contributed by atoms with Gasteiger partial charge in [0.25, 0.3) is 0 Å². The van der Waals surface area contributed by atoms with E-state index in [-0.39, 0.29) is 5.75 Å². The Hall–Kier alpha value is -2.46. The summed E-state index contributed by atoms with van der Waals surface area (Å²) in [6.07, 6.45) is 1.38. The summed E-state index contributed by atoms with van der Waals surface area (Å²) < 4.78 is 64.4. The Bertz CT molecular complexity index is 1100. The summed E-state index contributed by atoms with van der Waals surface area (Å²) in [4.78, 5) is 0. The van der Waals surface area contributed by atoms with Gasteiger partial charge in [-0.1, -0.05) is 24.3 Å². The van der Waals surface area contributed by atoms with Gasteiger partial charge in [0.05, 0.1) is 23.8 Å². The molecule has 28 heavy (non-hydrogen) atoms. The first-order chi connectivity index (χ1) is 13.1. The van der Waals surface area contributed by atoms with Gasteiger partial charge >= 0.3 is 0 Å². The van der Waals surface area contributed by atoms with Gasteiger partial charge in [0.1, 0.15) is 5.82 Å². The number of hydrogen-bond donors (Lipinski definition) is 1. The van der Waals surface area contributed by atoms with E-state index in [0.29, 0.717) is 28.9 Å². The molecule has 0 saturated carbocycles. The minimum absolute atomic E-state index is 0.112. The molecule has 10 heteroatoms. The number of anilines is 1. The van der Waals surface area contributed by atoms with E-state index in [1.54, 1.807) is 36.4 Å². The fourth-order valence-electron chi connectivity index (χ4n) is 2.93. The molecule has 0 amide bonds. The van der Waals surface area contributed by atoms with Gasteiger partial charge in [-0.25, -0.2) is 21.2 Å². The molecular formula is C18H20FN3O4S2. The van der Waals surface area contributed by atoms with Crippen LogP contribution in [0, 0.1) is 5.82 Å². The van der Waals surface area contributed by atoms with Crippen LogP contribution in [0.3, 0.4) is 0 Å². The highest BCUT2D eigenvalue weighted by atomic mass is 32.2. The second-order valence-electron chi connectivity index (χ2n) is 6.44. The second-order valence-corrected chi connectivity index (χ2v) is 10.3. The number of sulfonamides is 2. The van der Waals surface area contributed by atoms with Crippen LogP contribution in [0.2, 0.25) is 0 Å². The fraction of sp³-hybridized carbons (Fsp3) is 0.278. The van der Waals surface area contributed by atoms with E-state index in [1.807, 2.05) is 0 Å².